The summed E-state index contributed by atoms with van der Waals surface area (Å²) in [4.78, 5) is 58.6. The molecule has 0 radical (unpaired) electrons. The molecule has 0 aromatic rings. The van der Waals surface area contributed by atoms with Crippen LogP contribution in [0.3, 0.4) is 0 Å². The normalized spacial score (nSPS) is 15.9. The minimum absolute atomic E-state index is 0.197. The molecule has 0 aromatic heterocycles. The molecule has 0 heterocycles. The Balaban J connectivity index is 5.22. The number of amides is 3. The third-order valence-corrected chi connectivity index (χ3v) is 4.55. The highest BCUT2D eigenvalue weighted by molar-refractivity contribution is 7.80. The zero-order chi connectivity index (χ0) is 22.7. The van der Waals surface area contributed by atoms with E-state index in [2.05, 4.69) is 28.6 Å². The smallest absolute Gasteiger partial charge is 0.327 e. The molecule has 13 heteroatoms. The second kappa shape index (κ2) is 13.0. The van der Waals surface area contributed by atoms with Gasteiger partial charge in [-0.05, 0) is 5.92 Å². The van der Waals surface area contributed by atoms with Gasteiger partial charge in [-0.15, -0.1) is 0 Å². The fourth-order valence-electron chi connectivity index (χ4n) is 2.09. The second-order valence-electron chi connectivity index (χ2n) is 6.40. The Morgan fingerprint density at radius 3 is 1.83 bits per heavy atom. The largest absolute Gasteiger partial charge is 0.481 e. The van der Waals surface area contributed by atoms with E-state index >= 15 is 0 Å². The highest BCUT2D eigenvalue weighted by Gasteiger charge is 2.31. The van der Waals surface area contributed by atoms with Crippen molar-refractivity contribution in [2.75, 3.05) is 12.4 Å². The van der Waals surface area contributed by atoms with Crippen LogP contribution in [0.4, 0.5) is 0 Å². The van der Waals surface area contributed by atoms with Gasteiger partial charge in [0.2, 0.25) is 17.7 Å². The topological polar surface area (TPSA) is 208 Å². The zero-order valence-corrected chi connectivity index (χ0v) is 17.0. The number of hydrogen-bond donors (Lipinski definition) is 8. The van der Waals surface area contributed by atoms with Crippen molar-refractivity contribution in [1.29, 1.82) is 0 Å². The van der Waals surface area contributed by atoms with Gasteiger partial charge in [0.05, 0.1) is 19.1 Å². The molecule has 0 rings (SSSR count). The van der Waals surface area contributed by atoms with E-state index in [0.717, 1.165) is 0 Å². The van der Waals surface area contributed by atoms with Gasteiger partial charge < -0.3 is 37.0 Å². The van der Waals surface area contributed by atoms with Crippen LogP contribution >= 0.6 is 12.6 Å². The fourth-order valence-corrected chi connectivity index (χ4v) is 2.34. The maximum Gasteiger partial charge on any atom is 0.327 e. The molecular formula is C16H28N4O8S. The van der Waals surface area contributed by atoms with Crippen molar-refractivity contribution in [1.82, 2.24) is 16.0 Å². The lowest BCUT2D eigenvalue weighted by Crippen LogP contribution is -2.59. The summed E-state index contributed by atoms with van der Waals surface area (Å²) in [6.07, 6.45) is -0.254. The Morgan fingerprint density at radius 2 is 1.41 bits per heavy atom. The SMILES string of the molecule is CCC(C)C(N)C(=O)NC(CO)C(=O)NC(CC(=O)O)C(=O)NC(CS)C(=O)O. The number of thiol groups is 1. The Morgan fingerprint density at radius 1 is 0.931 bits per heavy atom. The van der Waals surface area contributed by atoms with Gasteiger partial charge >= 0.3 is 11.9 Å². The first kappa shape index (κ1) is 26.6. The average molecular weight is 436 g/mol. The number of aliphatic carboxylic acids is 2. The quantitative estimate of drug-likeness (QED) is 0.141. The van der Waals surface area contributed by atoms with Gasteiger partial charge in [0.15, 0.2) is 0 Å². The van der Waals surface area contributed by atoms with Gasteiger partial charge in [0.25, 0.3) is 0 Å². The Kier molecular flexibility index (Phi) is 11.9. The lowest BCUT2D eigenvalue weighted by atomic mass is 9.99. The molecule has 0 fully saturated rings. The van der Waals surface area contributed by atoms with E-state index in [-0.39, 0.29) is 11.7 Å². The zero-order valence-electron chi connectivity index (χ0n) is 16.1. The summed E-state index contributed by atoms with van der Waals surface area (Å²) in [5, 5.41) is 33.7. The molecule has 0 bridgehead atoms. The molecule has 0 aliphatic heterocycles. The summed E-state index contributed by atoms with van der Waals surface area (Å²) in [6, 6.07) is -5.47. The van der Waals surface area contributed by atoms with Crippen LogP contribution in [0.15, 0.2) is 0 Å². The van der Waals surface area contributed by atoms with Crippen LogP contribution in [0, 0.1) is 5.92 Å². The molecule has 29 heavy (non-hydrogen) atoms. The number of nitrogens with two attached hydrogens (primary N) is 1. The molecule has 5 unspecified atom stereocenters. The molecule has 3 amide bonds. The Hall–Kier alpha value is -2.38. The van der Waals surface area contributed by atoms with Crippen molar-refractivity contribution >= 4 is 42.3 Å². The minimum atomic E-state index is -1.64. The van der Waals surface area contributed by atoms with Crippen LogP contribution in [0.2, 0.25) is 0 Å². The van der Waals surface area contributed by atoms with Crippen LogP contribution in [0.5, 0.6) is 0 Å². The number of carbonyl (C=O) groups excluding carboxylic acids is 3. The van der Waals surface area contributed by atoms with Gasteiger partial charge in [-0.25, -0.2) is 4.79 Å². The van der Waals surface area contributed by atoms with Crippen molar-refractivity contribution < 1.29 is 39.3 Å². The van der Waals surface area contributed by atoms with Crippen molar-refractivity contribution in [3.8, 4) is 0 Å². The molecule has 0 aliphatic rings. The van der Waals surface area contributed by atoms with Crippen molar-refractivity contribution in [3.63, 3.8) is 0 Å². The Bertz CT molecular complexity index is 618. The van der Waals surface area contributed by atoms with E-state index in [0.29, 0.717) is 6.42 Å². The molecule has 0 saturated heterocycles. The molecule has 166 valence electrons. The summed E-state index contributed by atoms with van der Waals surface area (Å²) in [6.45, 7) is 2.71. The number of carboxylic acid groups (broad SMARTS) is 2. The van der Waals surface area contributed by atoms with E-state index in [1.54, 1.807) is 6.92 Å². The molecule has 0 saturated carbocycles. The maximum absolute atomic E-state index is 12.3. The number of aliphatic hydroxyl groups excluding tert-OH is 1. The molecule has 0 aromatic carbocycles. The van der Waals surface area contributed by atoms with Gasteiger partial charge in [0, 0.05) is 5.75 Å². The fraction of sp³-hybridized carbons (Fsp3) is 0.688. The number of nitrogens with one attached hydrogen (secondary N) is 3. The van der Waals surface area contributed by atoms with Gasteiger partial charge in [-0.2, -0.15) is 12.6 Å². The summed E-state index contributed by atoms with van der Waals surface area (Å²) in [5.41, 5.74) is 5.76. The number of carboxylic acids is 2. The standard InChI is InChI=1S/C16H28N4O8S/c1-3-7(2)12(17)15(26)19-9(5-21)14(25)18-8(4-11(22)23)13(24)20-10(6-29)16(27)28/h7-10,12,21,29H,3-6,17H2,1-2H3,(H,18,25)(H,19,26)(H,20,24)(H,22,23)(H,27,28). The van der Waals surface area contributed by atoms with Crippen LogP contribution < -0.4 is 21.7 Å². The molecule has 5 atom stereocenters. The first-order valence-electron chi connectivity index (χ1n) is 8.81. The van der Waals surface area contributed by atoms with Gasteiger partial charge in [-0.1, -0.05) is 20.3 Å². The van der Waals surface area contributed by atoms with Crippen molar-refractivity contribution in [2.24, 2.45) is 11.7 Å². The number of hydrogen-bond acceptors (Lipinski definition) is 8. The number of rotatable bonds is 13. The predicted molar refractivity (Wildman–Crippen MR) is 104 cm³/mol. The van der Waals surface area contributed by atoms with Crippen LogP contribution in [-0.2, 0) is 24.0 Å². The third-order valence-electron chi connectivity index (χ3n) is 4.18. The monoisotopic (exact) mass is 436 g/mol. The van der Waals surface area contributed by atoms with Crippen LogP contribution in [-0.4, -0.2) is 81.5 Å². The summed E-state index contributed by atoms with van der Waals surface area (Å²) >= 11 is 3.78. The van der Waals surface area contributed by atoms with Gasteiger partial charge in [-0.3, -0.25) is 19.2 Å². The van der Waals surface area contributed by atoms with Gasteiger partial charge in [0.1, 0.15) is 18.1 Å². The first-order chi connectivity index (χ1) is 13.5. The summed E-state index contributed by atoms with van der Waals surface area (Å²) < 4.78 is 0. The first-order valence-corrected chi connectivity index (χ1v) is 9.44. The van der Waals surface area contributed by atoms with E-state index < -0.39 is 66.9 Å². The van der Waals surface area contributed by atoms with E-state index in [9.17, 15) is 29.1 Å². The highest BCUT2D eigenvalue weighted by Crippen LogP contribution is 2.05. The summed E-state index contributed by atoms with van der Waals surface area (Å²) in [7, 11) is 0. The third kappa shape index (κ3) is 9.11. The molecule has 0 spiro atoms. The molecular weight excluding hydrogens is 408 g/mol. The molecule has 8 N–H and O–H groups in total. The van der Waals surface area contributed by atoms with E-state index in [1.807, 2.05) is 6.92 Å². The second-order valence-corrected chi connectivity index (χ2v) is 6.76. The minimum Gasteiger partial charge on any atom is -0.481 e. The summed E-state index contributed by atoms with van der Waals surface area (Å²) in [5.74, 6) is -6.10. The van der Waals surface area contributed by atoms with Crippen LogP contribution in [0.25, 0.3) is 0 Å². The van der Waals surface area contributed by atoms with E-state index in [1.165, 1.54) is 0 Å². The maximum atomic E-state index is 12.3. The molecule has 0 aliphatic carbocycles. The van der Waals surface area contributed by atoms with E-state index in [4.69, 9.17) is 15.9 Å². The predicted octanol–water partition coefficient (Wildman–Crippen LogP) is -2.70. The Labute approximate surface area is 173 Å². The van der Waals surface area contributed by atoms with Crippen LogP contribution in [0.1, 0.15) is 26.7 Å². The lowest BCUT2D eigenvalue weighted by molar-refractivity contribution is -0.143. The number of carbonyl (C=O) groups is 5. The number of aliphatic hydroxyl groups is 1. The molecule has 12 nitrogen and oxygen atoms in total. The lowest BCUT2D eigenvalue weighted by Gasteiger charge is -2.24. The highest BCUT2D eigenvalue weighted by atomic mass is 32.1. The van der Waals surface area contributed by atoms with Crippen molar-refractivity contribution in [3.05, 3.63) is 0 Å². The average Bonchev–Trinajstić information content (AvgIpc) is 2.66. The van der Waals surface area contributed by atoms with Crippen molar-refractivity contribution in [2.45, 2.75) is 50.9 Å².